The van der Waals surface area contributed by atoms with Gasteiger partial charge in [0.1, 0.15) is 0 Å². The highest BCUT2D eigenvalue weighted by atomic mass is 32.1. The quantitative estimate of drug-likeness (QED) is 0.592. The summed E-state index contributed by atoms with van der Waals surface area (Å²) in [5.74, 6) is 0.113. The first-order chi connectivity index (χ1) is 16.5. The summed E-state index contributed by atoms with van der Waals surface area (Å²) in [5.41, 5.74) is 1.40. The number of aromatic nitrogens is 1. The molecule has 0 unspecified atom stereocenters. The van der Waals surface area contributed by atoms with E-state index in [0.717, 1.165) is 44.5 Å². The Labute approximate surface area is 205 Å². The molecule has 0 saturated carbocycles. The molecule has 2 aliphatic rings. The van der Waals surface area contributed by atoms with Crippen molar-refractivity contribution in [1.82, 2.24) is 14.8 Å². The van der Waals surface area contributed by atoms with Crippen LogP contribution in [0.1, 0.15) is 51.1 Å². The van der Waals surface area contributed by atoms with Gasteiger partial charge in [0.2, 0.25) is 17.7 Å². The highest BCUT2D eigenvalue weighted by Gasteiger charge is 2.30. The van der Waals surface area contributed by atoms with Crippen LogP contribution < -0.4 is 4.90 Å². The molecule has 4 rings (SSSR count). The van der Waals surface area contributed by atoms with Crippen LogP contribution in [0.2, 0.25) is 0 Å². The second-order valence-corrected chi connectivity index (χ2v) is 9.75. The number of carbonyl (C=O) groups excluding carboxylic acids is 3. The maximum atomic E-state index is 12.9. The van der Waals surface area contributed by atoms with Crippen molar-refractivity contribution in [1.29, 1.82) is 0 Å². The number of rotatable bonds is 5. The molecule has 2 saturated heterocycles. The first kappa shape index (κ1) is 24.1. The fraction of sp³-hybridized carbons (Fsp3) is 0.462. The SMILES string of the molecule is CC(=O)N(c1ccccc1)c1nc(/C=C/C(=O)N2CCC(C(=O)N3CCCCCC3)CC2)cs1. The minimum Gasteiger partial charge on any atom is -0.342 e. The summed E-state index contributed by atoms with van der Waals surface area (Å²) < 4.78 is 0. The molecule has 1 aromatic heterocycles. The van der Waals surface area contributed by atoms with Crippen LogP contribution >= 0.6 is 11.3 Å². The number of hydrogen-bond acceptors (Lipinski definition) is 5. The third-order valence-corrected chi connectivity index (χ3v) is 7.34. The Balaban J connectivity index is 1.32. The van der Waals surface area contributed by atoms with Gasteiger partial charge in [-0.3, -0.25) is 19.3 Å². The predicted octanol–water partition coefficient (Wildman–Crippen LogP) is 4.48. The topological polar surface area (TPSA) is 73.8 Å². The van der Waals surface area contributed by atoms with E-state index >= 15 is 0 Å². The first-order valence-electron chi connectivity index (χ1n) is 12.1. The summed E-state index contributed by atoms with van der Waals surface area (Å²) in [7, 11) is 0. The summed E-state index contributed by atoms with van der Waals surface area (Å²) >= 11 is 1.36. The summed E-state index contributed by atoms with van der Waals surface area (Å²) in [6.07, 6.45) is 9.30. The van der Waals surface area contributed by atoms with Gasteiger partial charge in [0.25, 0.3) is 0 Å². The Bertz CT molecular complexity index is 1020. The van der Waals surface area contributed by atoms with Crippen molar-refractivity contribution in [2.75, 3.05) is 31.1 Å². The van der Waals surface area contributed by atoms with E-state index in [-0.39, 0.29) is 23.6 Å². The summed E-state index contributed by atoms with van der Waals surface area (Å²) in [5, 5.41) is 2.41. The van der Waals surface area contributed by atoms with Crippen LogP contribution in [0.15, 0.2) is 41.8 Å². The van der Waals surface area contributed by atoms with Crippen LogP contribution in [0.3, 0.4) is 0 Å². The predicted molar refractivity (Wildman–Crippen MR) is 135 cm³/mol. The third-order valence-electron chi connectivity index (χ3n) is 6.50. The molecule has 7 nitrogen and oxygen atoms in total. The van der Waals surface area contributed by atoms with Gasteiger partial charge in [-0.05, 0) is 43.9 Å². The molecule has 3 heterocycles. The van der Waals surface area contributed by atoms with E-state index in [1.165, 1.54) is 37.2 Å². The molecule has 2 aliphatic heterocycles. The lowest BCUT2D eigenvalue weighted by Gasteiger charge is -2.33. The van der Waals surface area contributed by atoms with Crippen molar-refractivity contribution in [3.05, 3.63) is 47.5 Å². The van der Waals surface area contributed by atoms with E-state index in [9.17, 15) is 14.4 Å². The lowest BCUT2D eigenvalue weighted by atomic mass is 9.95. The van der Waals surface area contributed by atoms with E-state index < -0.39 is 0 Å². The van der Waals surface area contributed by atoms with Crippen LogP contribution in [0.4, 0.5) is 10.8 Å². The lowest BCUT2D eigenvalue weighted by Crippen LogP contribution is -2.44. The van der Waals surface area contributed by atoms with Crippen LogP contribution in [0.5, 0.6) is 0 Å². The van der Waals surface area contributed by atoms with Gasteiger partial charge in [-0.2, -0.15) is 0 Å². The molecular weight excluding hydrogens is 448 g/mol. The molecule has 2 fully saturated rings. The Morgan fingerprint density at radius 1 is 0.971 bits per heavy atom. The average molecular weight is 481 g/mol. The van der Waals surface area contributed by atoms with E-state index in [1.807, 2.05) is 45.5 Å². The van der Waals surface area contributed by atoms with Crippen molar-refractivity contribution in [3.8, 4) is 0 Å². The van der Waals surface area contributed by atoms with Crippen LogP contribution in [-0.4, -0.2) is 58.7 Å². The number of anilines is 2. The van der Waals surface area contributed by atoms with Crippen molar-refractivity contribution >= 4 is 46.0 Å². The largest absolute Gasteiger partial charge is 0.342 e. The van der Waals surface area contributed by atoms with E-state index in [1.54, 1.807) is 11.0 Å². The van der Waals surface area contributed by atoms with Gasteiger partial charge in [-0.25, -0.2) is 4.98 Å². The zero-order chi connectivity index (χ0) is 23.9. The summed E-state index contributed by atoms with van der Waals surface area (Å²) in [6.45, 7) is 4.46. The number of thiazole rings is 1. The van der Waals surface area contributed by atoms with E-state index in [4.69, 9.17) is 0 Å². The Hall–Kier alpha value is -3.00. The van der Waals surface area contributed by atoms with Crippen LogP contribution in [-0.2, 0) is 14.4 Å². The third kappa shape index (κ3) is 5.91. The number of benzene rings is 1. The highest BCUT2D eigenvalue weighted by Crippen LogP contribution is 2.29. The second-order valence-electron chi connectivity index (χ2n) is 8.92. The Morgan fingerprint density at radius 2 is 1.65 bits per heavy atom. The molecule has 3 amide bonds. The fourth-order valence-electron chi connectivity index (χ4n) is 4.62. The zero-order valence-electron chi connectivity index (χ0n) is 19.7. The molecular formula is C26H32N4O3S. The summed E-state index contributed by atoms with van der Waals surface area (Å²) in [4.78, 5) is 47.7. The van der Waals surface area contributed by atoms with Gasteiger partial charge in [-0.1, -0.05) is 31.0 Å². The molecule has 34 heavy (non-hydrogen) atoms. The fourth-order valence-corrected chi connectivity index (χ4v) is 5.47. The number of piperidine rings is 1. The molecule has 0 bridgehead atoms. The average Bonchev–Trinajstić information content (AvgIpc) is 3.14. The highest BCUT2D eigenvalue weighted by molar-refractivity contribution is 7.14. The standard InChI is InChI=1S/C26H32N4O3S/c1-20(31)30(23-9-5-4-6-10-23)26-27-22(19-34-26)11-12-24(32)28-17-13-21(14-18-28)25(33)29-15-7-2-3-8-16-29/h4-6,9-12,19,21H,2-3,7-8,13-18H2,1H3/b12-11+. The molecule has 0 radical (unpaired) electrons. The van der Waals surface area contributed by atoms with Crippen molar-refractivity contribution < 1.29 is 14.4 Å². The number of hydrogen-bond donors (Lipinski definition) is 0. The van der Waals surface area contributed by atoms with Crippen LogP contribution in [0, 0.1) is 5.92 Å². The molecule has 1 aromatic carbocycles. The maximum Gasteiger partial charge on any atom is 0.246 e. The molecule has 0 atom stereocenters. The second kappa shape index (κ2) is 11.4. The number of nitrogens with zero attached hydrogens (tertiary/aromatic N) is 4. The Morgan fingerprint density at radius 3 is 2.29 bits per heavy atom. The minimum atomic E-state index is -0.121. The van der Waals surface area contributed by atoms with Crippen LogP contribution in [0.25, 0.3) is 6.08 Å². The van der Waals surface area contributed by atoms with Gasteiger partial charge in [-0.15, -0.1) is 11.3 Å². The van der Waals surface area contributed by atoms with Crippen molar-refractivity contribution in [2.45, 2.75) is 45.4 Å². The molecule has 8 heteroatoms. The Kier molecular flexibility index (Phi) is 8.11. The number of para-hydroxylation sites is 1. The maximum absolute atomic E-state index is 12.9. The molecule has 0 spiro atoms. The normalized spacial score (nSPS) is 17.6. The molecule has 0 aliphatic carbocycles. The summed E-state index contributed by atoms with van der Waals surface area (Å²) in [6, 6.07) is 9.38. The zero-order valence-corrected chi connectivity index (χ0v) is 20.5. The van der Waals surface area contributed by atoms with Gasteiger partial charge in [0.05, 0.1) is 11.4 Å². The van der Waals surface area contributed by atoms with E-state index in [0.29, 0.717) is 23.9 Å². The first-order valence-corrected chi connectivity index (χ1v) is 13.0. The van der Waals surface area contributed by atoms with Gasteiger partial charge < -0.3 is 9.80 Å². The van der Waals surface area contributed by atoms with Gasteiger partial charge >= 0.3 is 0 Å². The number of carbonyl (C=O) groups is 3. The molecule has 2 aromatic rings. The molecule has 0 N–H and O–H groups in total. The minimum absolute atomic E-state index is 0.0304. The smallest absolute Gasteiger partial charge is 0.246 e. The number of amides is 3. The lowest BCUT2D eigenvalue weighted by molar-refractivity contribution is -0.139. The van der Waals surface area contributed by atoms with Crippen molar-refractivity contribution in [2.24, 2.45) is 5.92 Å². The van der Waals surface area contributed by atoms with Gasteiger partial charge in [0.15, 0.2) is 5.13 Å². The molecule has 180 valence electrons. The van der Waals surface area contributed by atoms with Crippen molar-refractivity contribution in [3.63, 3.8) is 0 Å². The van der Waals surface area contributed by atoms with Gasteiger partial charge in [0, 0.05) is 50.5 Å². The number of likely N-dealkylation sites (tertiary alicyclic amines) is 2. The monoisotopic (exact) mass is 480 g/mol. The van der Waals surface area contributed by atoms with E-state index in [2.05, 4.69) is 4.98 Å².